The Bertz CT molecular complexity index is 506. The van der Waals surface area contributed by atoms with Gasteiger partial charge in [-0.15, -0.1) is 11.3 Å². The van der Waals surface area contributed by atoms with Crippen LogP contribution < -0.4 is 4.90 Å². The molecular weight excluding hydrogens is 280 g/mol. The van der Waals surface area contributed by atoms with Gasteiger partial charge in [-0.2, -0.15) is 0 Å². The highest BCUT2D eigenvalue weighted by molar-refractivity contribution is 7.18. The van der Waals surface area contributed by atoms with Crippen molar-refractivity contribution in [2.45, 2.75) is 19.8 Å². The van der Waals surface area contributed by atoms with Crippen molar-refractivity contribution >= 4 is 27.8 Å². The Morgan fingerprint density at radius 1 is 1.55 bits per heavy atom. The Hall–Kier alpha value is -1.47. The number of carbonyl (C=O) groups is 1. The van der Waals surface area contributed by atoms with Gasteiger partial charge in [0.05, 0.1) is 9.80 Å². The lowest BCUT2D eigenvalue weighted by molar-refractivity contribution is -0.383. The van der Waals surface area contributed by atoms with Gasteiger partial charge in [-0.25, -0.2) is 0 Å². The number of piperidine rings is 1. The summed E-state index contributed by atoms with van der Waals surface area (Å²) in [4.78, 5) is 24.6. The second kappa shape index (κ2) is 6.32. The van der Waals surface area contributed by atoms with Crippen molar-refractivity contribution in [3.05, 3.63) is 21.1 Å². The largest absolute Gasteiger partial charge is 0.384 e. The van der Waals surface area contributed by atoms with Gasteiger partial charge < -0.3 is 9.64 Å². The minimum atomic E-state index is -0.403. The highest BCUT2D eigenvalue weighted by Crippen LogP contribution is 2.39. The standard InChI is InChI=1S/C13H18N2O4S/c1-9(16)12-7-11(15(17)18)13(20-12)14-5-3-10(4-6-14)8-19-2/h7,10H,3-6,8H2,1-2H3. The maximum atomic E-state index is 11.4. The van der Waals surface area contributed by atoms with Crippen molar-refractivity contribution in [1.82, 2.24) is 0 Å². The number of ketones is 1. The van der Waals surface area contributed by atoms with E-state index >= 15 is 0 Å². The number of hydrogen-bond acceptors (Lipinski definition) is 6. The Morgan fingerprint density at radius 2 is 2.20 bits per heavy atom. The lowest BCUT2D eigenvalue weighted by Gasteiger charge is -2.31. The first-order valence-electron chi connectivity index (χ1n) is 6.56. The number of carbonyl (C=O) groups excluding carboxylic acids is 1. The van der Waals surface area contributed by atoms with E-state index in [1.165, 1.54) is 24.3 Å². The van der Waals surface area contributed by atoms with Gasteiger partial charge in [-0.05, 0) is 25.7 Å². The second-order valence-electron chi connectivity index (χ2n) is 5.00. The molecule has 1 aliphatic rings. The van der Waals surface area contributed by atoms with E-state index in [9.17, 15) is 14.9 Å². The summed E-state index contributed by atoms with van der Waals surface area (Å²) in [6, 6.07) is 1.39. The van der Waals surface area contributed by atoms with Gasteiger partial charge in [0.2, 0.25) is 0 Å². The molecule has 0 aromatic carbocycles. The fourth-order valence-corrected chi connectivity index (χ4v) is 3.51. The zero-order valence-corrected chi connectivity index (χ0v) is 12.4. The van der Waals surface area contributed by atoms with E-state index in [2.05, 4.69) is 0 Å². The first-order chi connectivity index (χ1) is 9.52. The molecule has 20 heavy (non-hydrogen) atoms. The van der Waals surface area contributed by atoms with Crippen molar-refractivity contribution in [2.75, 3.05) is 31.7 Å². The van der Waals surface area contributed by atoms with Crippen LogP contribution in [0.2, 0.25) is 0 Å². The van der Waals surface area contributed by atoms with Crippen LogP contribution in [0, 0.1) is 16.0 Å². The van der Waals surface area contributed by atoms with Crippen LogP contribution in [0.3, 0.4) is 0 Å². The molecule has 110 valence electrons. The van der Waals surface area contributed by atoms with E-state index in [1.807, 2.05) is 4.90 Å². The van der Waals surface area contributed by atoms with Gasteiger partial charge in [0.15, 0.2) is 10.8 Å². The van der Waals surface area contributed by atoms with Gasteiger partial charge in [-0.1, -0.05) is 0 Å². The molecule has 2 heterocycles. The molecule has 1 aromatic rings. The molecular formula is C13H18N2O4S. The van der Waals surface area contributed by atoms with E-state index in [4.69, 9.17) is 4.74 Å². The van der Waals surface area contributed by atoms with E-state index in [1.54, 1.807) is 7.11 Å². The van der Waals surface area contributed by atoms with E-state index in [0.717, 1.165) is 32.5 Å². The molecule has 7 heteroatoms. The predicted octanol–water partition coefficient (Wildman–Crippen LogP) is 2.72. The molecule has 0 saturated carbocycles. The molecule has 1 aromatic heterocycles. The maximum absolute atomic E-state index is 11.4. The van der Waals surface area contributed by atoms with Crippen molar-refractivity contribution in [3.8, 4) is 0 Å². The van der Waals surface area contributed by atoms with Crippen LogP contribution in [0.4, 0.5) is 10.7 Å². The third-order valence-corrected chi connectivity index (χ3v) is 4.83. The summed E-state index contributed by atoms with van der Waals surface area (Å²) in [6.07, 6.45) is 1.91. The quantitative estimate of drug-likeness (QED) is 0.475. The summed E-state index contributed by atoms with van der Waals surface area (Å²) in [7, 11) is 1.69. The van der Waals surface area contributed by atoms with Gasteiger partial charge >= 0.3 is 5.69 Å². The van der Waals surface area contributed by atoms with Crippen LogP contribution >= 0.6 is 11.3 Å². The fourth-order valence-electron chi connectivity index (χ4n) is 2.44. The average Bonchev–Trinajstić information content (AvgIpc) is 2.85. The third-order valence-electron chi connectivity index (χ3n) is 3.54. The molecule has 0 bridgehead atoms. The summed E-state index contributed by atoms with van der Waals surface area (Å²) >= 11 is 1.22. The van der Waals surface area contributed by atoms with Crippen LogP contribution in [-0.4, -0.2) is 37.5 Å². The second-order valence-corrected chi connectivity index (χ2v) is 6.03. The first-order valence-corrected chi connectivity index (χ1v) is 7.37. The number of Topliss-reactive ketones (excluding diaryl/α,β-unsaturated/α-hetero) is 1. The van der Waals surface area contributed by atoms with Crippen molar-refractivity contribution in [2.24, 2.45) is 5.92 Å². The van der Waals surface area contributed by atoms with Crippen molar-refractivity contribution in [1.29, 1.82) is 0 Å². The number of nitro groups is 1. The SMILES string of the molecule is COCC1CCN(c2sc(C(C)=O)cc2[N+](=O)[O-])CC1. The maximum Gasteiger partial charge on any atom is 0.304 e. The van der Waals surface area contributed by atoms with Crippen LogP contribution in [0.5, 0.6) is 0 Å². The minimum Gasteiger partial charge on any atom is -0.384 e. The molecule has 1 aliphatic heterocycles. The Kier molecular flexibility index (Phi) is 4.72. The zero-order chi connectivity index (χ0) is 14.7. The smallest absolute Gasteiger partial charge is 0.304 e. The lowest BCUT2D eigenvalue weighted by atomic mass is 9.98. The molecule has 0 atom stereocenters. The normalized spacial score (nSPS) is 16.4. The van der Waals surface area contributed by atoms with Gasteiger partial charge in [0.1, 0.15) is 0 Å². The van der Waals surface area contributed by atoms with Crippen LogP contribution in [0.15, 0.2) is 6.07 Å². The topological polar surface area (TPSA) is 72.7 Å². The molecule has 0 unspecified atom stereocenters. The first kappa shape index (κ1) is 14.9. The van der Waals surface area contributed by atoms with Gasteiger partial charge in [0, 0.05) is 32.9 Å². The van der Waals surface area contributed by atoms with Gasteiger partial charge in [0.25, 0.3) is 0 Å². The predicted molar refractivity (Wildman–Crippen MR) is 77.8 cm³/mol. The van der Waals surface area contributed by atoms with Gasteiger partial charge in [-0.3, -0.25) is 14.9 Å². The third kappa shape index (κ3) is 3.16. The lowest BCUT2D eigenvalue weighted by Crippen LogP contribution is -2.34. The Morgan fingerprint density at radius 3 is 2.70 bits per heavy atom. The van der Waals surface area contributed by atoms with E-state index in [-0.39, 0.29) is 11.5 Å². The molecule has 0 radical (unpaired) electrons. The number of methoxy groups -OCH3 is 1. The monoisotopic (exact) mass is 298 g/mol. The Labute approximate surface area is 121 Å². The summed E-state index contributed by atoms with van der Waals surface area (Å²) in [5, 5.41) is 11.7. The fraction of sp³-hybridized carbons (Fsp3) is 0.615. The summed E-state index contributed by atoms with van der Waals surface area (Å²) in [5.74, 6) is 0.390. The molecule has 0 amide bonds. The van der Waals surface area contributed by atoms with Crippen molar-refractivity contribution < 1.29 is 14.5 Å². The summed E-state index contributed by atoms with van der Waals surface area (Å²) in [6.45, 7) is 3.71. The van der Waals surface area contributed by atoms with Crippen LogP contribution in [0.25, 0.3) is 0 Å². The number of hydrogen-bond donors (Lipinski definition) is 0. The minimum absolute atomic E-state index is 0.0467. The summed E-state index contributed by atoms with van der Waals surface area (Å²) in [5.41, 5.74) is 0.0467. The molecule has 0 spiro atoms. The summed E-state index contributed by atoms with van der Waals surface area (Å²) < 4.78 is 5.15. The highest BCUT2D eigenvalue weighted by atomic mass is 32.1. The molecule has 1 saturated heterocycles. The van der Waals surface area contributed by atoms with E-state index in [0.29, 0.717) is 15.8 Å². The number of anilines is 1. The van der Waals surface area contributed by atoms with Crippen LogP contribution in [-0.2, 0) is 4.74 Å². The molecule has 0 N–H and O–H groups in total. The van der Waals surface area contributed by atoms with Crippen molar-refractivity contribution in [3.63, 3.8) is 0 Å². The number of rotatable bonds is 5. The number of thiophene rings is 1. The molecule has 2 rings (SSSR count). The van der Waals surface area contributed by atoms with Crippen LogP contribution in [0.1, 0.15) is 29.4 Å². The molecule has 1 fully saturated rings. The van der Waals surface area contributed by atoms with E-state index < -0.39 is 4.92 Å². The number of ether oxygens (including phenoxy) is 1. The Balaban J connectivity index is 2.16. The molecule has 6 nitrogen and oxygen atoms in total. The zero-order valence-electron chi connectivity index (χ0n) is 11.6. The number of nitrogens with zero attached hydrogens (tertiary/aromatic N) is 2. The highest BCUT2D eigenvalue weighted by Gasteiger charge is 2.28. The average molecular weight is 298 g/mol. The molecule has 0 aliphatic carbocycles.